The van der Waals surface area contributed by atoms with E-state index in [0.717, 1.165) is 18.9 Å². The Morgan fingerprint density at radius 3 is 2.81 bits per heavy atom. The minimum Gasteiger partial charge on any atom is -0.494 e. The summed E-state index contributed by atoms with van der Waals surface area (Å²) in [5.74, 6) is 0.328. The first kappa shape index (κ1) is 19.0. The fourth-order valence-electron chi connectivity index (χ4n) is 3.41. The van der Waals surface area contributed by atoms with Crippen molar-refractivity contribution in [3.63, 3.8) is 0 Å². The summed E-state index contributed by atoms with van der Waals surface area (Å²) in [4.78, 5) is 25.1. The van der Waals surface area contributed by atoms with Gasteiger partial charge >= 0.3 is 0 Å². The van der Waals surface area contributed by atoms with Crippen molar-refractivity contribution in [2.75, 3.05) is 45.7 Å². The van der Waals surface area contributed by atoms with Crippen molar-refractivity contribution in [2.45, 2.75) is 6.04 Å². The molecule has 2 heterocycles. The molecule has 1 N–H and O–H groups in total. The van der Waals surface area contributed by atoms with Crippen LogP contribution in [-0.2, 0) is 0 Å². The van der Waals surface area contributed by atoms with E-state index in [0.29, 0.717) is 6.54 Å². The molecule has 1 amide bonds. The Bertz CT molecular complexity index is 787. The fraction of sp³-hybridized carbons (Fsp3) is 0.421. The van der Waals surface area contributed by atoms with Crippen LogP contribution in [0, 0.1) is 11.7 Å². The predicted molar refractivity (Wildman–Crippen MR) is 100 cm³/mol. The Labute approximate surface area is 158 Å². The molecule has 27 heavy (non-hydrogen) atoms. The normalized spacial score (nSPS) is 19.4. The van der Waals surface area contributed by atoms with Crippen LogP contribution in [0.15, 0.2) is 36.8 Å². The standard InChI is InChI=1S/C19H24FN5O2/c1-24(2)9-14-10-25(18-6-7-21-12-22-18)11-16(14)23-19(26)13-4-5-17(27-3)15(20)8-13/h4-8,12,14,16H,9-11H2,1-3H3,(H,23,26). The number of aromatic nitrogens is 2. The van der Waals surface area contributed by atoms with Crippen molar-refractivity contribution in [3.05, 3.63) is 48.2 Å². The van der Waals surface area contributed by atoms with Crippen molar-refractivity contribution in [3.8, 4) is 5.75 Å². The number of carbonyl (C=O) groups excluding carboxylic acids is 1. The lowest BCUT2D eigenvalue weighted by atomic mass is 10.0. The summed E-state index contributed by atoms with van der Waals surface area (Å²) in [6.07, 6.45) is 3.22. The Morgan fingerprint density at radius 2 is 2.19 bits per heavy atom. The van der Waals surface area contributed by atoms with Crippen LogP contribution in [0.25, 0.3) is 0 Å². The van der Waals surface area contributed by atoms with E-state index in [1.54, 1.807) is 12.3 Å². The third-order valence-electron chi connectivity index (χ3n) is 4.66. The maximum atomic E-state index is 13.9. The van der Waals surface area contributed by atoms with Crippen molar-refractivity contribution in [1.29, 1.82) is 0 Å². The molecule has 1 aromatic carbocycles. The van der Waals surface area contributed by atoms with Gasteiger partial charge in [-0.1, -0.05) is 0 Å². The molecule has 144 valence electrons. The summed E-state index contributed by atoms with van der Waals surface area (Å²) in [6.45, 7) is 2.24. The molecule has 0 bridgehead atoms. The number of benzene rings is 1. The molecule has 2 unspecified atom stereocenters. The van der Waals surface area contributed by atoms with Crippen molar-refractivity contribution in [1.82, 2.24) is 20.2 Å². The number of hydrogen-bond donors (Lipinski definition) is 1. The summed E-state index contributed by atoms with van der Waals surface area (Å²) >= 11 is 0. The summed E-state index contributed by atoms with van der Waals surface area (Å²) < 4.78 is 18.8. The molecule has 0 aliphatic carbocycles. The zero-order chi connectivity index (χ0) is 19.4. The maximum absolute atomic E-state index is 13.9. The van der Waals surface area contributed by atoms with Crippen LogP contribution in [-0.4, -0.2) is 67.7 Å². The van der Waals surface area contributed by atoms with E-state index in [9.17, 15) is 9.18 Å². The minimum atomic E-state index is -0.552. The number of nitrogens with zero attached hydrogens (tertiary/aromatic N) is 4. The molecule has 1 aliphatic rings. The number of halogens is 1. The Hall–Kier alpha value is -2.74. The molecule has 0 radical (unpaired) electrons. The van der Waals surface area contributed by atoms with Gasteiger partial charge in [0.1, 0.15) is 12.1 Å². The van der Waals surface area contributed by atoms with E-state index in [4.69, 9.17) is 4.74 Å². The summed E-state index contributed by atoms with van der Waals surface area (Å²) in [5, 5.41) is 3.06. The van der Waals surface area contributed by atoms with Crippen LogP contribution in [0.2, 0.25) is 0 Å². The second kappa shape index (κ2) is 8.30. The first-order chi connectivity index (χ1) is 13.0. The SMILES string of the molecule is COc1ccc(C(=O)NC2CN(c3ccncn3)CC2CN(C)C)cc1F. The highest BCUT2D eigenvalue weighted by Crippen LogP contribution is 2.24. The van der Waals surface area contributed by atoms with Crippen LogP contribution < -0.4 is 15.0 Å². The Kier molecular flexibility index (Phi) is 5.85. The summed E-state index contributed by atoms with van der Waals surface area (Å²) in [5.41, 5.74) is 0.275. The lowest BCUT2D eigenvalue weighted by molar-refractivity contribution is 0.0927. The minimum absolute atomic E-state index is 0.0694. The van der Waals surface area contributed by atoms with Gasteiger partial charge in [0.15, 0.2) is 11.6 Å². The van der Waals surface area contributed by atoms with E-state index in [-0.39, 0.29) is 29.2 Å². The molecule has 8 heteroatoms. The highest BCUT2D eigenvalue weighted by atomic mass is 19.1. The van der Waals surface area contributed by atoms with Crippen LogP contribution in [0.5, 0.6) is 5.75 Å². The van der Waals surface area contributed by atoms with Crippen LogP contribution in [0.3, 0.4) is 0 Å². The number of methoxy groups -OCH3 is 1. The van der Waals surface area contributed by atoms with Crippen LogP contribution in [0.1, 0.15) is 10.4 Å². The van der Waals surface area contributed by atoms with Gasteiger partial charge in [-0.3, -0.25) is 4.79 Å². The number of rotatable bonds is 6. The lowest BCUT2D eigenvalue weighted by Crippen LogP contribution is -2.43. The van der Waals surface area contributed by atoms with Gasteiger partial charge in [-0.2, -0.15) is 0 Å². The topological polar surface area (TPSA) is 70.6 Å². The van der Waals surface area contributed by atoms with E-state index in [1.807, 2.05) is 20.2 Å². The maximum Gasteiger partial charge on any atom is 0.251 e. The zero-order valence-electron chi connectivity index (χ0n) is 15.7. The lowest BCUT2D eigenvalue weighted by Gasteiger charge is -2.22. The molecule has 0 saturated carbocycles. The molecule has 1 aliphatic heterocycles. The first-order valence-electron chi connectivity index (χ1n) is 8.78. The molecule has 1 fully saturated rings. The average Bonchev–Trinajstić information content (AvgIpc) is 3.04. The van der Waals surface area contributed by atoms with Gasteiger partial charge in [-0.25, -0.2) is 14.4 Å². The molecule has 1 aromatic heterocycles. The van der Waals surface area contributed by atoms with E-state index >= 15 is 0 Å². The molecule has 7 nitrogen and oxygen atoms in total. The second-order valence-electron chi connectivity index (χ2n) is 6.92. The third kappa shape index (κ3) is 4.51. The quantitative estimate of drug-likeness (QED) is 0.826. The average molecular weight is 373 g/mol. The van der Waals surface area contributed by atoms with Gasteiger partial charge < -0.3 is 19.9 Å². The Morgan fingerprint density at radius 1 is 1.37 bits per heavy atom. The largest absolute Gasteiger partial charge is 0.494 e. The highest BCUT2D eigenvalue weighted by molar-refractivity contribution is 5.94. The predicted octanol–water partition coefficient (Wildman–Crippen LogP) is 1.42. The first-order valence-corrected chi connectivity index (χ1v) is 8.78. The van der Waals surface area contributed by atoms with E-state index in [2.05, 4.69) is 25.1 Å². The molecule has 0 spiro atoms. The number of hydrogen-bond acceptors (Lipinski definition) is 6. The Balaban J connectivity index is 1.74. The number of nitrogens with one attached hydrogen (secondary N) is 1. The smallest absolute Gasteiger partial charge is 0.251 e. The molecule has 3 rings (SSSR count). The van der Waals surface area contributed by atoms with Gasteiger partial charge in [0.2, 0.25) is 0 Å². The van der Waals surface area contributed by atoms with Crippen LogP contribution >= 0.6 is 0 Å². The molecular weight excluding hydrogens is 349 g/mol. The third-order valence-corrected chi connectivity index (χ3v) is 4.66. The summed E-state index contributed by atoms with van der Waals surface area (Å²) in [6, 6.07) is 6.01. The van der Waals surface area contributed by atoms with Gasteiger partial charge in [-0.15, -0.1) is 0 Å². The van der Waals surface area contributed by atoms with Gasteiger partial charge in [-0.05, 0) is 38.4 Å². The van der Waals surface area contributed by atoms with Crippen molar-refractivity contribution in [2.24, 2.45) is 5.92 Å². The van der Waals surface area contributed by atoms with Crippen molar-refractivity contribution >= 4 is 11.7 Å². The van der Waals surface area contributed by atoms with Gasteiger partial charge in [0.25, 0.3) is 5.91 Å². The van der Waals surface area contributed by atoms with Gasteiger partial charge in [0.05, 0.1) is 13.2 Å². The highest BCUT2D eigenvalue weighted by Gasteiger charge is 2.35. The monoisotopic (exact) mass is 373 g/mol. The molecule has 1 saturated heterocycles. The second-order valence-corrected chi connectivity index (χ2v) is 6.92. The number of ether oxygens (including phenoxy) is 1. The molecule has 2 atom stereocenters. The number of amides is 1. The zero-order valence-corrected chi connectivity index (χ0v) is 15.7. The number of carbonyl (C=O) groups is 1. The van der Waals surface area contributed by atoms with Crippen LogP contribution in [0.4, 0.5) is 10.2 Å². The molecular formula is C19H24FN5O2. The molecule has 2 aromatic rings. The number of anilines is 1. The van der Waals surface area contributed by atoms with E-state index in [1.165, 1.54) is 25.6 Å². The van der Waals surface area contributed by atoms with Crippen molar-refractivity contribution < 1.29 is 13.9 Å². The van der Waals surface area contributed by atoms with Gasteiger partial charge in [0, 0.05) is 37.3 Å². The summed E-state index contributed by atoms with van der Waals surface area (Å²) in [7, 11) is 5.40. The fourth-order valence-corrected chi connectivity index (χ4v) is 3.41. The van der Waals surface area contributed by atoms with E-state index < -0.39 is 5.82 Å².